The summed E-state index contributed by atoms with van der Waals surface area (Å²) in [5, 5.41) is 0. The van der Waals surface area contributed by atoms with E-state index in [4.69, 9.17) is 15.2 Å². The molecule has 1 atom stereocenters. The molecule has 0 aromatic carbocycles. The third kappa shape index (κ3) is 3.41. The fraction of sp³-hybridized carbons (Fsp3) is 1.00. The van der Waals surface area contributed by atoms with Gasteiger partial charge < -0.3 is 20.1 Å². The number of rotatable bonds is 4. The Labute approximate surface area is 104 Å². The summed E-state index contributed by atoms with van der Waals surface area (Å²) in [6.45, 7) is 5.34. The van der Waals surface area contributed by atoms with Crippen molar-refractivity contribution in [3.8, 4) is 0 Å². The van der Waals surface area contributed by atoms with E-state index in [2.05, 4.69) is 11.9 Å². The van der Waals surface area contributed by atoms with Crippen LogP contribution in [0.2, 0.25) is 0 Å². The first-order chi connectivity index (χ1) is 8.26. The second-order valence-corrected chi connectivity index (χ2v) is 5.62. The van der Waals surface area contributed by atoms with Crippen molar-refractivity contribution < 1.29 is 9.47 Å². The van der Waals surface area contributed by atoms with Crippen molar-refractivity contribution >= 4 is 0 Å². The van der Waals surface area contributed by atoms with Gasteiger partial charge in [0, 0.05) is 44.4 Å². The molecule has 0 radical (unpaired) electrons. The highest BCUT2D eigenvalue weighted by atomic mass is 16.5. The van der Waals surface area contributed by atoms with Gasteiger partial charge in [-0.1, -0.05) is 0 Å². The second kappa shape index (κ2) is 6.14. The van der Waals surface area contributed by atoms with Crippen LogP contribution in [-0.4, -0.2) is 57.5 Å². The van der Waals surface area contributed by atoms with Crippen molar-refractivity contribution in [2.75, 3.05) is 46.6 Å². The number of ether oxygens (including phenoxy) is 2. The molecule has 0 aromatic rings. The van der Waals surface area contributed by atoms with Gasteiger partial charge >= 0.3 is 0 Å². The van der Waals surface area contributed by atoms with E-state index in [9.17, 15) is 0 Å². The molecule has 17 heavy (non-hydrogen) atoms. The lowest BCUT2D eigenvalue weighted by Crippen LogP contribution is -2.50. The molecule has 0 saturated carbocycles. The van der Waals surface area contributed by atoms with Crippen LogP contribution in [0, 0.1) is 5.41 Å². The van der Waals surface area contributed by atoms with Crippen LogP contribution in [0.5, 0.6) is 0 Å². The van der Waals surface area contributed by atoms with Gasteiger partial charge in [0.25, 0.3) is 0 Å². The second-order valence-electron chi connectivity index (χ2n) is 5.62. The summed E-state index contributed by atoms with van der Waals surface area (Å²) in [7, 11) is 2.22. The Morgan fingerprint density at radius 2 is 2.00 bits per heavy atom. The largest absolute Gasteiger partial charge is 0.381 e. The van der Waals surface area contributed by atoms with Crippen LogP contribution < -0.4 is 5.73 Å². The van der Waals surface area contributed by atoms with Crippen molar-refractivity contribution in [1.29, 1.82) is 0 Å². The fourth-order valence-corrected chi connectivity index (χ4v) is 3.04. The van der Waals surface area contributed by atoms with E-state index < -0.39 is 0 Å². The highest BCUT2D eigenvalue weighted by Crippen LogP contribution is 2.29. The van der Waals surface area contributed by atoms with Crippen LogP contribution in [0.3, 0.4) is 0 Å². The minimum absolute atomic E-state index is 0.186. The maximum atomic E-state index is 5.98. The molecule has 2 aliphatic rings. The quantitative estimate of drug-likeness (QED) is 0.794. The fourth-order valence-electron chi connectivity index (χ4n) is 3.04. The van der Waals surface area contributed by atoms with Gasteiger partial charge in [-0.05, 0) is 32.7 Å². The molecule has 2 N–H and O–H groups in total. The number of nitrogens with two attached hydrogens (primary N) is 1. The van der Waals surface area contributed by atoms with Gasteiger partial charge in [0.1, 0.15) is 0 Å². The Morgan fingerprint density at radius 3 is 2.59 bits per heavy atom. The van der Waals surface area contributed by atoms with Crippen LogP contribution in [-0.2, 0) is 9.47 Å². The average molecular weight is 242 g/mol. The minimum Gasteiger partial charge on any atom is -0.381 e. The van der Waals surface area contributed by atoms with Crippen molar-refractivity contribution in [3.05, 3.63) is 0 Å². The molecule has 0 aromatic heterocycles. The zero-order valence-corrected chi connectivity index (χ0v) is 11.0. The van der Waals surface area contributed by atoms with E-state index in [-0.39, 0.29) is 5.41 Å². The van der Waals surface area contributed by atoms with Crippen LogP contribution in [0.1, 0.15) is 25.7 Å². The summed E-state index contributed by atoms with van der Waals surface area (Å²) in [6.07, 6.45) is 4.66. The molecule has 2 fully saturated rings. The van der Waals surface area contributed by atoms with Crippen molar-refractivity contribution in [2.45, 2.75) is 31.7 Å². The van der Waals surface area contributed by atoms with Gasteiger partial charge in [-0.15, -0.1) is 0 Å². The van der Waals surface area contributed by atoms with E-state index in [1.165, 1.54) is 6.42 Å². The van der Waals surface area contributed by atoms with Crippen LogP contribution >= 0.6 is 0 Å². The first-order valence-electron chi connectivity index (χ1n) is 6.82. The van der Waals surface area contributed by atoms with Gasteiger partial charge in [-0.3, -0.25) is 0 Å². The van der Waals surface area contributed by atoms with E-state index in [1.54, 1.807) is 0 Å². The molecule has 2 aliphatic heterocycles. The number of hydrogen-bond acceptors (Lipinski definition) is 4. The van der Waals surface area contributed by atoms with Gasteiger partial charge in [0.2, 0.25) is 0 Å². The lowest BCUT2D eigenvalue weighted by Gasteiger charge is -2.42. The Morgan fingerprint density at radius 1 is 1.24 bits per heavy atom. The topological polar surface area (TPSA) is 47.7 Å². The van der Waals surface area contributed by atoms with Gasteiger partial charge in [-0.2, -0.15) is 0 Å². The first kappa shape index (κ1) is 13.3. The normalized spacial score (nSPS) is 31.9. The number of nitrogens with zero attached hydrogens (tertiary/aromatic N) is 1. The molecular weight excluding hydrogens is 216 g/mol. The minimum atomic E-state index is 0.186. The molecule has 1 unspecified atom stereocenters. The summed E-state index contributed by atoms with van der Waals surface area (Å²) in [4.78, 5) is 2.48. The summed E-state index contributed by atoms with van der Waals surface area (Å²) >= 11 is 0. The lowest BCUT2D eigenvalue weighted by atomic mass is 9.81. The van der Waals surface area contributed by atoms with E-state index in [0.717, 1.165) is 58.8 Å². The van der Waals surface area contributed by atoms with Crippen LogP contribution in [0.15, 0.2) is 0 Å². The highest BCUT2D eigenvalue weighted by Gasteiger charge is 2.34. The lowest BCUT2D eigenvalue weighted by molar-refractivity contribution is -0.0347. The van der Waals surface area contributed by atoms with Gasteiger partial charge in [0.05, 0.1) is 6.61 Å². The monoisotopic (exact) mass is 242 g/mol. The Kier molecular flexibility index (Phi) is 4.79. The molecular formula is C13H26N2O2. The summed E-state index contributed by atoms with van der Waals surface area (Å²) in [5.74, 6) is 0. The average Bonchev–Trinajstić information content (AvgIpc) is 2.41. The van der Waals surface area contributed by atoms with Crippen LogP contribution in [0.4, 0.5) is 0 Å². The summed E-state index contributed by atoms with van der Waals surface area (Å²) in [6, 6.07) is 0.661. The molecule has 0 amide bonds. The highest BCUT2D eigenvalue weighted by molar-refractivity contribution is 4.87. The summed E-state index contributed by atoms with van der Waals surface area (Å²) < 4.78 is 11.0. The maximum absolute atomic E-state index is 5.98. The molecule has 0 spiro atoms. The standard InChI is InChI=1S/C13H26N2O2/c1-15(12-3-7-16-8-4-12)10-13(9-14)5-2-6-17-11-13/h12H,2-11,14H2,1H3. The third-order valence-electron chi connectivity index (χ3n) is 4.24. The number of hydrogen-bond donors (Lipinski definition) is 1. The van der Waals surface area contributed by atoms with E-state index >= 15 is 0 Å². The molecule has 2 rings (SSSR count). The predicted octanol–water partition coefficient (Wildman–Crippen LogP) is 0.853. The maximum Gasteiger partial charge on any atom is 0.0546 e. The zero-order chi connectivity index (χ0) is 12.1. The Balaban J connectivity index is 1.88. The SMILES string of the molecule is CN(CC1(CN)CCCOC1)C1CCOCC1. The molecule has 100 valence electrons. The molecule has 2 heterocycles. The van der Waals surface area contributed by atoms with Crippen molar-refractivity contribution in [1.82, 2.24) is 4.90 Å². The Bertz CT molecular complexity index is 223. The Hall–Kier alpha value is -0.160. The van der Waals surface area contributed by atoms with E-state index in [1.807, 2.05) is 0 Å². The predicted molar refractivity (Wildman–Crippen MR) is 68.0 cm³/mol. The summed E-state index contributed by atoms with van der Waals surface area (Å²) in [5.41, 5.74) is 6.17. The van der Waals surface area contributed by atoms with Crippen molar-refractivity contribution in [2.24, 2.45) is 11.1 Å². The molecule has 0 bridgehead atoms. The molecule has 0 aliphatic carbocycles. The molecule has 4 heteroatoms. The van der Waals surface area contributed by atoms with Crippen LogP contribution in [0.25, 0.3) is 0 Å². The van der Waals surface area contributed by atoms with Gasteiger partial charge in [0.15, 0.2) is 0 Å². The zero-order valence-electron chi connectivity index (χ0n) is 11.0. The third-order valence-corrected chi connectivity index (χ3v) is 4.24. The molecule has 2 saturated heterocycles. The van der Waals surface area contributed by atoms with E-state index in [0.29, 0.717) is 6.04 Å². The van der Waals surface area contributed by atoms with Crippen molar-refractivity contribution in [3.63, 3.8) is 0 Å². The van der Waals surface area contributed by atoms with Gasteiger partial charge in [-0.25, -0.2) is 0 Å². The molecule has 4 nitrogen and oxygen atoms in total. The smallest absolute Gasteiger partial charge is 0.0546 e. The first-order valence-corrected chi connectivity index (χ1v) is 6.82.